The maximum Gasteiger partial charge on any atom is 0.246 e. The lowest BCUT2D eigenvalue weighted by atomic mass is 10.0. The SMILES string of the molecule is COc1cc(N[C@@H](C)C(=O)Nc2c(C)cc(C)cc2C)cc(OC)c1OC. The quantitative estimate of drug-likeness (QED) is 0.767. The van der Waals surface area contributed by atoms with Gasteiger partial charge in [0.2, 0.25) is 11.7 Å². The van der Waals surface area contributed by atoms with Crippen LogP contribution in [0.5, 0.6) is 17.2 Å². The van der Waals surface area contributed by atoms with Gasteiger partial charge in [-0.05, 0) is 38.8 Å². The van der Waals surface area contributed by atoms with E-state index in [4.69, 9.17) is 14.2 Å². The smallest absolute Gasteiger partial charge is 0.246 e. The Kier molecular flexibility index (Phi) is 6.55. The summed E-state index contributed by atoms with van der Waals surface area (Å²) >= 11 is 0. The zero-order valence-electron chi connectivity index (χ0n) is 17.0. The lowest BCUT2D eigenvalue weighted by Gasteiger charge is -2.20. The number of amides is 1. The molecule has 0 fully saturated rings. The lowest BCUT2D eigenvalue weighted by Crippen LogP contribution is -2.32. The summed E-state index contributed by atoms with van der Waals surface area (Å²) in [5, 5.41) is 6.20. The Morgan fingerprint density at radius 3 is 1.85 bits per heavy atom. The molecule has 27 heavy (non-hydrogen) atoms. The first-order chi connectivity index (χ1) is 12.8. The van der Waals surface area contributed by atoms with Crippen molar-refractivity contribution in [3.8, 4) is 17.2 Å². The number of carbonyl (C=O) groups is 1. The molecule has 0 bridgehead atoms. The Morgan fingerprint density at radius 1 is 0.889 bits per heavy atom. The van der Waals surface area contributed by atoms with Crippen molar-refractivity contribution >= 4 is 17.3 Å². The average molecular weight is 372 g/mol. The van der Waals surface area contributed by atoms with E-state index >= 15 is 0 Å². The topological polar surface area (TPSA) is 68.8 Å². The molecule has 0 aliphatic carbocycles. The molecule has 0 saturated carbocycles. The second-order valence-electron chi connectivity index (χ2n) is 6.54. The van der Waals surface area contributed by atoms with E-state index in [0.29, 0.717) is 22.9 Å². The minimum atomic E-state index is -0.465. The molecule has 2 N–H and O–H groups in total. The zero-order chi connectivity index (χ0) is 20.1. The highest BCUT2D eigenvalue weighted by atomic mass is 16.5. The molecule has 2 aromatic carbocycles. The van der Waals surface area contributed by atoms with E-state index in [-0.39, 0.29) is 5.91 Å². The first-order valence-electron chi connectivity index (χ1n) is 8.76. The highest BCUT2D eigenvalue weighted by Crippen LogP contribution is 2.40. The van der Waals surface area contributed by atoms with Crippen LogP contribution in [0.1, 0.15) is 23.6 Å². The molecule has 2 aromatic rings. The summed E-state index contributed by atoms with van der Waals surface area (Å²) in [7, 11) is 4.66. The summed E-state index contributed by atoms with van der Waals surface area (Å²) < 4.78 is 16.0. The number of benzene rings is 2. The molecule has 0 heterocycles. The van der Waals surface area contributed by atoms with Crippen LogP contribution in [0, 0.1) is 20.8 Å². The number of aryl methyl sites for hydroxylation is 3. The maximum absolute atomic E-state index is 12.7. The van der Waals surface area contributed by atoms with Gasteiger partial charge >= 0.3 is 0 Å². The van der Waals surface area contributed by atoms with Gasteiger partial charge in [0.25, 0.3) is 0 Å². The fourth-order valence-electron chi connectivity index (χ4n) is 3.09. The van der Waals surface area contributed by atoms with Gasteiger partial charge in [-0.1, -0.05) is 17.7 Å². The Hall–Kier alpha value is -2.89. The molecule has 0 radical (unpaired) electrons. The Morgan fingerprint density at radius 2 is 1.41 bits per heavy atom. The molecule has 6 nitrogen and oxygen atoms in total. The predicted octanol–water partition coefficient (Wildman–Crippen LogP) is 4.08. The third-order valence-electron chi connectivity index (χ3n) is 4.37. The van der Waals surface area contributed by atoms with Crippen LogP contribution in [0.4, 0.5) is 11.4 Å². The summed E-state index contributed by atoms with van der Waals surface area (Å²) in [6.45, 7) is 7.83. The van der Waals surface area contributed by atoms with Gasteiger partial charge in [0, 0.05) is 23.5 Å². The van der Waals surface area contributed by atoms with Gasteiger partial charge in [0.15, 0.2) is 11.5 Å². The van der Waals surface area contributed by atoms with Crippen LogP contribution in [0.3, 0.4) is 0 Å². The van der Waals surface area contributed by atoms with Crippen molar-refractivity contribution in [3.63, 3.8) is 0 Å². The van der Waals surface area contributed by atoms with Gasteiger partial charge in [-0.15, -0.1) is 0 Å². The number of nitrogens with one attached hydrogen (secondary N) is 2. The number of rotatable bonds is 7. The van der Waals surface area contributed by atoms with E-state index in [1.807, 2.05) is 20.8 Å². The van der Waals surface area contributed by atoms with Crippen LogP contribution < -0.4 is 24.8 Å². The van der Waals surface area contributed by atoms with Gasteiger partial charge in [0.05, 0.1) is 21.3 Å². The van der Waals surface area contributed by atoms with Gasteiger partial charge in [-0.3, -0.25) is 4.79 Å². The minimum absolute atomic E-state index is 0.126. The van der Waals surface area contributed by atoms with Crippen LogP contribution in [0.25, 0.3) is 0 Å². The van der Waals surface area contributed by atoms with Crippen molar-refractivity contribution in [2.45, 2.75) is 33.7 Å². The molecule has 0 spiro atoms. The first kappa shape index (κ1) is 20.4. The molecular formula is C21H28N2O4. The fraction of sp³-hybridized carbons (Fsp3) is 0.381. The summed E-state index contributed by atoms with van der Waals surface area (Å²) in [5.41, 5.74) is 4.81. The second-order valence-corrected chi connectivity index (χ2v) is 6.54. The molecule has 0 aliphatic heterocycles. The molecule has 0 aromatic heterocycles. The highest BCUT2D eigenvalue weighted by molar-refractivity contribution is 5.97. The first-order valence-corrected chi connectivity index (χ1v) is 8.76. The monoisotopic (exact) mass is 372 g/mol. The van der Waals surface area contributed by atoms with E-state index in [0.717, 1.165) is 16.8 Å². The Bertz CT molecular complexity index is 785. The maximum atomic E-state index is 12.7. The van der Waals surface area contributed by atoms with Crippen molar-refractivity contribution in [3.05, 3.63) is 41.0 Å². The Labute approximate surface area is 160 Å². The van der Waals surface area contributed by atoms with Gasteiger partial charge in [0.1, 0.15) is 6.04 Å². The molecular weight excluding hydrogens is 344 g/mol. The van der Waals surface area contributed by atoms with Crippen LogP contribution in [-0.2, 0) is 4.79 Å². The lowest BCUT2D eigenvalue weighted by molar-refractivity contribution is -0.116. The molecule has 2 rings (SSSR count). The van der Waals surface area contributed by atoms with Crippen molar-refractivity contribution in [1.82, 2.24) is 0 Å². The summed E-state index contributed by atoms with van der Waals surface area (Å²) in [6.07, 6.45) is 0. The largest absolute Gasteiger partial charge is 0.493 e. The fourth-order valence-corrected chi connectivity index (χ4v) is 3.09. The summed E-state index contributed by atoms with van der Waals surface area (Å²) in [4.78, 5) is 12.7. The van der Waals surface area contributed by atoms with Crippen LogP contribution in [0.2, 0.25) is 0 Å². The van der Waals surface area contributed by atoms with Gasteiger partial charge in [-0.2, -0.15) is 0 Å². The highest BCUT2D eigenvalue weighted by Gasteiger charge is 2.18. The van der Waals surface area contributed by atoms with Crippen molar-refractivity contribution in [2.24, 2.45) is 0 Å². The second kappa shape index (κ2) is 8.66. The minimum Gasteiger partial charge on any atom is -0.493 e. The Balaban J connectivity index is 2.19. The zero-order valence-corrected chi connectivity index (χ0v) is 17.0. The van der Waals surface area contributed by atoms with E-state index in [1.54, 1.807) is 40.4 Å². The van der Waals surface area contributed by atoms with Crippen LogP contribution in [0.15, 0.2) is 24.3 Å². The molecule has 1 atom stereocenters. The van der Waals surface area contributed by atoms with E-state index in [1.165, 1.54) is 5.56 Å². The normalized spacial score (nSPS) is 11.5. The van der Waals surface area contributed by atoms with Gasteiger partial charge < -0.3 is 24.8 Å². The van der Waals surface area contributed by atoms with Crippen molar-refractivity contribution in [2.75, 3.05) is 32.0 Å². The van der Waals surface area contributed by atoms with Crippen LogP contribution >= 0.6 is 0 Å². The number of ether oxygens (including phenoxy) is 3. The van der Waals surface area contributed by atoms with E-state index in [2.05, 4.69) is 22.8 Å². The standard InChI is InChI=1S/C21H28N2O4/c1-12-8-13(2)19(14(3)9-12)23-21(24)15(4)22-16-10-17(25-5)20(27-7)18(11-16)26-6/h8-11,15,22H,1-7H3,(H,23,24)/t15-/m0/s1. The number of carbonyl (C=O) groups excluding carboxylic acids is 1. The predicted molar refractivity (Wildman–Crippen MR) is 108 cm³/mol. The van der Waals surface area contributed by atoms with E-state index in [9.17, 15) is 4.79 Å². The number of hydrogen-bond acceptors (Lipinski definition) is 5. The van der Waals surface area contributed by atoms with Crippen molar-refractivity contribution < 1.29 is 19.0 Å². The van der Waals surface area contributed by atoms with Crippen molar-refractivity contribution in [1.29, 1.82) is 0 Å². The number of anilines is 2. The molecule has 0 saturated heterocycles. The molecule has 1 amide bonds. The third-order valence-corrected chi connectivity index (χ3v) is 4.37. The molecule has 0 unspecified atom stereocenters. The molecule has 0 aliphatic rings. The number of methoxy groups -OCH3 is 3. The van der Waals surface area contributed by atoms with E-state index < -0.39 is 6.04 Å². The third kappa shape index (κ3) is 4.64. The molecule has 6 heteroatoms. The molecule has 146 valence electrons. The summed E-state index contributed by atoms with van der Waals surface area (Å²) in [6, 6.07) is 7.19. The van der Waals surface area contributed by atoms with Crippen LogP contribution in [-0.4, -0.2) is 33.3 Å². The number of hydrogen-bond donors (Lipinski definition) is 2. The van der Waals surface area contributed by atoms with Gasteiger partial charge in [-0.25, -0.2) is 0 Å². The summed E-state index contributed by atoms with van der Waals surface area (Å²) in [5.74, 6) is 1.43. The average Bonchev–Trinajstić information content (AvgIpc) is 2.63.